The number of nitrogens with zero attached hydrogens (tertiary/aromatic N) is 2. The van der Waals surface area contributed by atoms with Gasteiger partial charge in [-0.25, -0.2) is 0 Å². The van der Waals surface area contributed by atoms with Crippen LogP contribution in [0.2, 0.25) is 0 Å². The second-order valence-electron chi connectivity index (χ2n) is 6.25. The molecule has 24 heavy (non-hydrogen) atoms. The lowest BCUT2D eigenvalue weighted by Gasteiger charge is -2.37. The average molecular weight is 316 g/mol. The van der Waals surface area contributed by atoms with Crippen molar-refractivity contribution in [3.05, 3.63) is 77.5 Å². The van der Waals surface area contributed by atoms with E-state index < -0.39 is 0 Å². The Morgan fingerprint density at radius 3 is 2.83 bits per heavy atom. The summed E-state index contributed by atoms with van der Waals surface area (Å²) in [6.07, 6.45) is 3.58. The van der Waals surface area contributed by atoms with Crippen LogP contribution in [0.3, 0.4) is 0 Å². The fraction of sp³-hybridized carbons (Fsp3) is 0.238. The third kappa shape index (κ3) is 2.37. The van der Waals surface area contributed by atoms with E-state index in [4.69, 9.17) is 0 Å². The van der Waals surface area contributed by atoms with Crippen LogP contribution in [-0.2, 0) is 6.42 Å². The minimum Gasteiger partial charge on any atom is -0.331 e. The Balaban J connectivity index is 1.77. The monoisotopic (exact) mass is 316 g/mol. The fourth-order valence-electron chi connectivity index (χ4n) is 3.77. The zero-order valence-electron chi connectivity index (χ0n) is 13.8. The van der Waals surface area contributed by atoms with E-state index in [1.807, 2.05) is 35.2 Å². The van der Waals surface area contributed by atoms with Crippen LogP contribution in [0, 0.1) is 0 Å². The molecular weight excluding hydrogens is 296 g/mol. The van der Waals surface area contributed by atoms with Crippen LogP contribution < -0.4 is 0 Å². The molecule has 3 aromatic rings. The molecule has 2 heterocycles. The zero-order valence-corrected chi connectivity index (χ0v) is 13.8. The summed E-state index contributed by atoms with van der Waals surface area (Å²) in [6, 6.07) is 18.4. The van der Waals surface area contributed by atoms with Crippen molar-refractivity contribution in [3.63, 3.8) is 0 Å². The molecule has 2 aromatic carbocycles. The Morgan fingerprint density at radius 1 is 1.12 bits per heavy atom. The maximum absolute atomic E-state index is 13.3. The van der Waals surface area contributed by atoms with Crippen LogP contribution >= 0.6 is 0 Å². The molecule has 1 aliphatic rings. The Labute approximate surface area is 141 Å². The molecule has 1 aliphatic heterocycles. The second kappa shape index (κ2) is 6.08. The van der Waals surface area contributed by atoms with E-state index in [-0.39, 0.29) is 11.9 Å². The van der Waals surface area contributed by atoms with Crippen LogP contribution in [0.5, 0.6) is 0 Å². The van der Waals surface area contributed by atoms with E-state index in [9.17, 15) is 4.79 Å². The Kier molecular flexibility index (Phi) is 3.77. The summed E-state index contributed by atoms with van der Waals surface area (Å²) in [5.74, 6) is 0.0839. The smallest absolute Gasteiger partial charge is 0.256 e. The number of fused-ring (bicyclic) bond motifs is 2. The molecular formula is C21H20N2O. The molecule has 0 N–H and O–H groups in total. The molecule has 1 amide bonds. The third-order valence-corrected chi connectivity index (χ3v) is 4.92. The van der Waals surface area contributed by atoms with Gasteiger partial charge in [-0.3, -0.25) is 9.78 Å². The van der Waals surface area contributed by atoms with Crippen molar-refractivity contribution in [2.24, 2.45) is 0 Å². The molecule has 3 heteroatoms. The SMILES string of the molecule is CCC1c2ccccc2CCN1C(=O)c1cccc2cccnc12. The van der Waals surface area contributed by atoms with Crippen molar-refractivity contribution < 1.29 is 4.79 Å². The molecule has 0 fully saturated rings. The summed E-state index contributed by atoms with van der Waals surface area (Å²) >= 11 is 0. The van der Waals surface area contributed by atoms with E-state index in [1.165, 1.54) is 11.1 Å². The molecule has 1 aromatic heterocycles. The Bertz CT molecular complexity index is 898. The number of hydrogen-bond donors (Lipinski definition) is 0. The number of carbonyl (C=O) groups is 1. The van der Waals surface area contributed by atoms with Gasteiger partial charge in [-0.15, -0.1) is 0 Å². The first kappa shape index (κ1) is 14.9. The average Bonchev–Trinajstić information content (AvgIpc) is 2.66. The summed E-state index contributed by atoms with van der Waals surface area (Å²) < 4.78 is 0. The molecule has 1 atom stereocenters. The van der Waals surface area contributed by atoms with E-state index in [0.717, 1.165) is 30.3 Å². The van der Waals surface area contributed by atoms with Gasteiger partial charge in [0, 0.05) is 18.1 Å². The molecule has 4 rings (SSSR count). The number of benzene rings is 2. The number of pyridine rings is 1. The maximum atomic E-state index is 13.3. The molecule has 0 aliphatic carbocycles. The van der Waals surface area contributed by atoms with Gasteiger partial charge in [0.2, 0.25) is 0 Å². The van der Waals surface area contributed by atoms with Crippen LogP contribution in [0.1, 0.15) is 40.9 Å². The van der Waals surface area contributed by atoms with Gasteiger partial charge in [0.05, 0.1) is 17.1 Å². The summed E-state index contributed by atoms with van der Waals surface area (Å²) in [7, 11) is 0. The lowest BCUT2D eigenvalue weighted by atomic mass is 9.90. The van der Waals surface area contributed by atoms with Crippen molar-refractivity contribution in [1.29, 1.82) is 0 Å². The van der Waals surface area contributed by atoms with E-state index in [1.54, 1.807) is 6.20 Å². The van der Waals surface area contributed by atoms with Gasteiger partial charge < -0.3 is 4.90 Å². The topological polar surface area (TPSA) is 33.2 Å². The lowest BCUT2D eigenvalue weighted by molar-refractivity contribution is 0.0657. The first-order chi connectivity index (χ1) is 11.8. The number of amides is 1. The minimum absolute atomic E-state index is 0.0839. The highest BCUT2D eigenvalue weighted by Gasteiger charge is 2.30. The number of rotatable bonds is 2. The quantitative estimate of drug-likeness (QED) is 0.703. The first-order valence-electron chi connectivity index (χ1n) is 8.52. The molecule has 1 unspecified atom stereocenters. The number of carbonyl (C=O) groups excluding carboxylic acids is 1. The molecule has 0 spiro atoms. The highest BCUT2D eigenvalue weighted by Crippen LogP contribution is 2.33. The highest BCUT2D eigenvalue weighted by atomic mass is 16.2. The Hall–Kier alpha value is -2.68. The summed E-state index contributed by atoms with van der Waals surface area (Å²) in [5, 5.41) is 1.01. The van der Waals surface area contributed by atoms with Crippen molar-refractivity contribution in [2.75, 3.05) is 6.54 Å². The van der Waals surface area contributed by atoms with Gasteiger partial charge in [-0.1, -0.05) is 49.4 Å². The lowest BCUT2D eigenvalue weighted by Crippen LogP contribution is -2.40. The molecule has 0 radical (unpaired) electrons. The van der Waals surface area contributed by atoms with Crippen molar-refractivity contribution in [2.45, 2.75) is 25.8 Å². The minimum atomic E-state index is 0.0839. The van der Waals surface area contributed by atoms with Gasteiger partial charge in [0.25, 0.3) is 5.91 Å². The van der Waals surface area contributed by atoms with Gasteiger partial charge in [0.15, 0.2) is 0 Å². The third-order valence-electron chi connectivity index (χ3n) is 4.92. The molecule has 0 bridgehead atoms. The van der Waals surface area contributed by atoms with Crippen LogP contribution in [0.25, 0.3) is 10.9 Å². The first-order valence-corrected chi connectivity index (χ1v) is 8.52. The van der Waals surface area contributed by atoms with Crippen LogP contribution in [-0.4, -0.2) is 22.3 Å². The second-order valence-corrected chi connectivity index (χ2v) is 6.25. The molecule has 3 nitrogen and oxygen atoms in total. The van der Waals surface area contributed by atoms with Crippen molar-refractivity contribution in [3.8, 4) is 0 Å². The highest BCUT2D eigenvalue weighted by molar-refractivity contribution is 6.05. The van der Waals surface area contributed by atoms with Gasteiger partial charge in [0.1, 0.15) is 0 Å². The summed E-state index contributed by atoms with van der Waals surface area (Å²) in [5.41, 5.74) is 4.14. The predicted octanol–water partition coefficient (Wildman–Crippen LogP) is 4.38. The normalized spacial score (nSPS) is 16.9. The van der Waals surface area contributed by atoms with Crippen molar-refractivity contribution >= 4 is 16.8 Å². The zero-order chi connectivity index (χ0) is 16.5. The molecule has 0 saturated heterocycles. The van der Waals surface area contributed by atoms with Crippen molar-refractivity contribution in [1.82, 2.24) is 9.88 Å². The number of hydrogen-bond acceptors (Lipinski definition) is 2. The standard InChI is InChI=1S/C21H20N2O/c1-2-19-17-10-4-3-7-15(17)12-14-23(19)21(24)18-11-5-8-16-9-6-13-22-20(16)18/h3-11,13,19H,2,12,14H2,1H3. The largest absolute Gasteiger partial charge is 0.331 e. The van der Waals surface area contributed by atoms with E-state index >= 15 is 0 Å². The predicted molar refractivity (Wildman–Crippen MR) is 96.0 cm³/mol. The van der Waals surface area contributed by atoms with Gasteiger partial charge in [-0.2, -0.15) is 0 Å². The number of aromatic nitrogens is 1. The maximum Gasteiger partial charge on any atom is 0.256 e. The van der Waals surface area contributed by atoms with E-state index in [2.05, 4.69) is 36.2 Å². The fourth-order valence-corrected chi connectivity index (χ4v) is 3.77. The van der Waals surface area contributed by atoms with Gasteiger partial charge >= 0.3 is 0 Å². The van der Waals surface area contributed by atoms with Crippen LogP contribution in [0.15, 0.2) is 60.8 Å². The molecule has 0 saturated carbocycles. The Morgan fingerprint density at radius 2 is 1.96 bits per heavy atom. The van der Waals surface area contributed by atoms with Gasteiger partial charge in [-0.05, 0) is 36.1 Å². The summed E-state index contributed by atoms with van der Waals surface area (Å²) in [4.78, 5) is 19.7. The molecule has 120 valence electrons. The van der Waals surface area contributed by atoms with Crippen LogP contribution in [0.4, 0.5) is 0 Å². The summed E-state index contributed by atoms with van der Waals surface area (Å²) in [6.45, 7) is 2.91. The number of para-hydroxylation sites is 1. The van der Waals surface area contributed by atoms with E-state index in [0.29, 0.717) is 5.56 Å².